The Kier molecular flexibility index (Phi) is 4.27. The first-order valence-electron chi connectivity index (χ1n) is 5.56. The highest BCUT2D eigenvalue weighted by Gasteiger charge is 2.21. The van der Waals surface area contributed by atoms with Crippen LogP contribution in [0.25, 0.3) is 0 Å². The minimum atomic E-state index is -1.74. The quantitative estimate of drug-likeness (QED) is 0.699. The van der Waals surface area contributed by atoms with E-state index < -0.39 is 34.9 Å². The molecule has 0 unspecified atom stereocenters. The molecule has 4 nitrogen and oxygen atoms in total. The number of rotatable bonds is 3. The third-order valence-electron chi connectivity index (χ3n) is 2.56. The Hall–Kier alpha value is -2.35. The lowest BCUT2D eigenvalue weighted by Gasteiger charge is -2.07. The molecule has 21 heavy (non-hydrogen) atoms. The summed E-state index contributed by atoms with van der Waals surface area (Å²) in [4.78, 5) is 23.4. The van der Waals surface area contributed by atoms with Crippen LogP contribution in [0.2, 0.25) is 0 Å². The number of ether oxygens (including phenoxy) is 1. The molecule has 0 aliphatic heterocycles. The van der Waals surface area contributed by atoms with Crippen LogP contribution in [0, 0.1) is 17.5 Å². The maximum Gasteiger partial charge on any atom is 0.350 e. The number of hydrogen-bond acceptors (Lipinski definition) is 4. The van der Waals surface area contributed by atoms with Crippen LogP contribution in [0.5, 0.6) is 0 Å². The van der Waals surface area contributed by atoms with E-state index in [1.807, 2.05) is 0 Å². The molecule has 1 heterocycles. The largest absolute Gasteiger partial charge is 0.465 e. The van der Waals surface area contributed by atoms with Crippen LogP contribution in [-0.4, -0.2) is 19.0 Å². The molecule has 0 aliphatic carbocycles. The van der Waals surface area contributed by atoms with Crippen molar-refractivity contribution in [2.75, 3.05) is 12.4 Å². The molecule has 0 atom stereocenters. The number of thiophene rings is 1. The number of benzene rings is 1. The molecule has 0 radical (unpaired) electrons. The fourth-order valence-corrected chi connectivity index (χ4v) is 2.32. The Morgan fingerprint density at radius 2 is 1.86 bits per heavy atom. The van der Waals surface area contributed by atoms with E-state index in [4.69, 9.17) is 0 Å². The maximum atomic E-state index is 13.5. The Labute approximate surface area is 121 Å². The summed E-state index contributed by atoms with van der Waals surface area (Å²) in [7, 11) is 1.17. The lowest BCUT2D eigenvalue weighted by molar-refractivity contribution is 0.0607. The lowest BCUT2D eigenvalue weighted by atomic mass is 10.2. The molecule has 2 aromatic rings. The lowest BCUT2D eigenvalue weighted by Crippen LogP contribution is -2.16. The van der Waals surface area contributed by atoms with E-state index in [0.717, 1.165) is 17.4 Å². The molecule has 0 saturated heterocycles. The number of nitrogens with one attached hydrogen (secondary N) is 1. The van der Waals surface area contributed by atoms with Crippen molar-refractivity contribution in [1.82, 2.24) is 0 Å². The standard InChI is InChI=1S/C13H8F3NO3S/c1-20-13(19)11-8(4-5-21-11)17-12(18)6-2-3-7(14)10(16)9(6)15/h2-5H,1H3,(H,17,18). The predicted octanol–water partition coefficient (Wildman–Crippen LogP) is 3.20. The van der Waals surface area contributed by atoms with Crippen molar-refractivity contribution in [1.29, 1.82) is 0 Å². The summed E-state index contributed by atoms with van der Waals surface area (Å²) in [6.07, 6.45) is 0. The first-order valence-corrected chi connectivity index (χ1v) is 6.44. The molecule has 110 valence electrons. The molecule has 1 amide bonds. The second kappa shape index (κ2) is 5.96. The van der Waals surface area contributed by atoms with Crippen molar-refractivity contribution in [2.24, 2.45) is 0 Å². The predicted molar refractivity (Wildman–Crippen MR) is 69.9 cm³/mol. The molecular weight excluding hydrogens is 307 g/mol. The van der Waals surface area contributed by atoms with Crippen LogP contribution in [0.3, 0.4) is 0 Å². The number of carbonyl (C=O) groups is 2. The van der Waals surface area contributed by atoms with Gasteiger partial charge in [-0.05, 0) is 23.6 Å². The number of amides is 1. The van der Waals surface area contributed by atoms with Gasteiger partial charge >= 0.3 is 5.97 Å². The number of hydrogen-bond donors (Lipinski definition) is 1. The molecule has 8 heteroatoms. The van der Waals surface area contributed by atoms with Crippen LogP contribution >= 0.6 is 11.3 Å². The zero-order chi connectivity index (χ0) is 15.6. The van der Waals surface area contributed by atoms with E-state index in [0.29, 0.717) is 6.07 Å². The average Bonchev–Trinajstić information content (AvgIpc) is 2.92. The monoisotopic (exact) mass is 315 g/mol. The van der Waals surface area contributed by atoms with Crippen molar-refractivity contribution in [2.45, 2.75) is 0 Å². The third-order valence-corrected chi connectivity index (χ3v) is 3.46. The van der Waals surface area contributed by atoms with Gasteiger partial charge in [-0.1, -0.05) is 0 Å². The molecule has 0 spiro atoms. The molecule has 1 aromatic heterocycles. The second-order valence-electron chi connectivity index (χ2n) is 3.83. The molecular formula is C13H8F3NO3S. The number of esters is 1. The first kappa shape index (κ1) is 15.0. The van der Waals surface area contributed by atoms with Crippen molar-refractivity contribution in [3.8, 4) is 0 Å². The average molecular weight is 315 g/mol. The highest BCUT2D eigenvalue weighted by atomic mass is 32.1. The molecule has 1 N–H and O–H groups in total. The first-order chi connectivity index (χ1) is 9.95. The summed E-state index contributed by atoms with van der Waals surface area (Å²) < 4.78 is 43.9. The van der Waals surface area contributed by atoms with E-state index in [9.17, 15) is 22.8 Å². The van der Waals surface area contributed by atoms with Gasteiger partial charge in [0.2, 0.25) is 0 Å². The Morgan fingerprint density at radius 1 is 1.14 bits per heavy atom. The number of anilines is 1. The molecule has 0 bridgehead atoms. The summed E-state index contributed by atoms with van der Waals surface area (Å²) in [5.74, 6) is -6.40. The maximum absolute atomic E-state index is 13.5. The number of carbonyl (C=O) groups excluding carboxylic acids is 2. The topological polar surface area (TPSA) is 55.4 Å². The molecule has 1 aromatic carbocycles. The summed E-state index contributed by atoms with van der Waals surface area (Å²) in [6.45, 7) is 0. The van der Waals surface area contributed by atoms with E-state index in [1.54, 1.807) is 0 Å². The summed E-state index contributed by atoms with van der Waals surface area (Å²) >= 11 is 1.01. The summed E-state index contributed by atoms with van der Waals surface area (Å²) in [5, 5.41) is 3.77. The van der Waals surface area contributed by atoms with Crippen LogP contribution < -0.4 is 5.32 Å². The fraction of sp³-hybridized carbons (Fsp3) is 0.0769. The molecule has 0 fully saturated rings. The van der Waals surface area contributed by atoms with Gasteiger partial charge in [0.1, 0.15) is 4.88 Å². The number of methoxy groups -OCH3 is 1. The van der Waals surface area contributed by atoms with Crippen LogP contribution in [0.4, 0.5) is 18.9 Å². The van der Waals surface area contributed by atoms with Gasteiger partial charge in [-0.15, -0.1) is 11.3 Å². The summed E-state index contributed by atoms with van der Waals surface area (Å²) in [5.41, 5.74) is -0.572. The minimum absolute atomic E-state index is 0.0981. The van der Waals surface area contributed by atoms with E-state index in [1.165, 1.54) is 18.6 Å². The molecule has 2 rings (SSSR count). The van der Waals surface area contributed by atoms with Gasteiger partial charge in [0.05, 0.1) is 18.4 Å². The normalized spacial score (nSPS) is 10.3. The van der Waals surface area contributed by atoms with Crippen molar-refractivity contribution >= 4 is 28.9 Å². The van der Waals surface area contributed by atoms with Crippen molar-refractivity contribution in [3.05, 3.63) is 51.5 Å². The van der Waals surface area contributed by atoms with Crippen LogP contribution in [0.1, 0.15) is 20.0 Å². The van der Waals surface area contributed by atoms with Gasteiger partial charge in [-0.2, -0.15) is 0 Å². The Bertz CT molecular complexity index is 715. The van der Waals surface area contributed by atoms with Crippen molar-refractivity contribution < 1.29 is 27.5 Å². The van der Waals surface area contributed by atoms with Gasteiger partial charge < -0.3 is 10.1 Å². The smallest absolute Gasteiger partial charge is 0.350 e. The van der Waals surface area contributed by atoms with Gasteiger partial charge in [0.15, 0.2) is 17.5 Å². The van der Waals surface area contributed by atoms with Crippen LogP contribution in [0.15, 0.2) is 23.6 Å². The van der Waals surface area contributed by atoms with E-state index in [-0.39, 0.29) is 10.6 Å². The number of halogens is 3. The van der Waals surface area contributed by atoms with Gasteiger partial charge in [0, 0.05) is 0 Å². The fourth-order valence-electron chi connectivity index (χ4n) is 1.55. The van der Waals surface area contributed by atoms with E-state index >= 15 is 0 Å². The zero-order valence-corrected chi connectivity index (χ0v) is 11.4. The van der Waals surface area contributed by atoms with E-state index in [2.05, 4.69) is 10.1 Å². The van der Waals surface area contributed by atoms with Gasteiger partial charge in [0.25, 0.3) is 5.91 Å². The Morgan fingerprint density at radius 3 is 2.52 bits per heavy atom. The zero-order valence-electron chi connectivity index (χ0n) is 10.6. The highest BCUT2D eigenvalue weighted by molar-refractivity contribution is 7.12. The second-order valence-corrected chi connectivity index (χ2v) is 4.75. The van der Waals surface area contributed by atoms with Crippen LogP contribution in [-0.2, 0) is 4.74 Å². The van der Waals surface area contributed by atoms with Gasteiger partial charge in [-0.3, -0.25) is 4.79 Å². The van der Waals surface area contributed by atoms with Crippen molar-refractivity contribution in [3.63, 3.8) is 0 Å². The minimum Gasteiger partial charge on any atom is -0.465 e. The highest BCUT2D eigenvalue weighted by Crippen LogP contribution is 2.24. The summed E-state index contributed by atoms with van der Waals surface area (Å²) in [6, 6.07) is 2.86. The van der Waals surface area contributed by atoms with Gasteiger partial charge in [-0.25, -0.2) is 18.0 Å². The third kappa shape index (κ3) is 2.89. The SMILES string of the molecule is COC(=O)c1sccc1NC(=O)c1ccc(F)c(F)c1F. The molecule has 0 aliphatic rings. The Balaban J connectivity index is 2.29. The molecule has 0 saturated carbocycles.